The lowest BCUT2D eigenvalue weighted by Crippen LogP contribution is -2.05. The van der Waals surface area contributed by atoms with Crippen molar-refractivity contribution in [3.63, 3.8) is 0 Å². The number of hydrogen-bond donors (Lipinski definition) is 0. The lowest BCUT2D eigenvalue weighted by atomic mass is 10.0. The van der Waals surface area contributed by atoms with Gasteiger partial charge < -0.3 is 9.15 Å². The number of aryl methyl sites for hydroxylation is 2. The van der Waals surface area contributed by atoms with Crippen LogP contribution in [-0.2, 0) is 16.4 Å². The van der Waals surface area contributed by atoms with Gasteiger partial charge in [0.2, 0.25) is 0 Å². The Morgan fingerprint density at radius 2 is 1.64 bits per heavy atom. The minimum Gasteiger partial charge on any atom is -0.489 e. The van der Waals surface area contributed by atoms with Crippen molar-refractivity contribution >= 4 is 20.8 Å². The molecule has 3 rings (SSSR count). The molecule has 5 nitrogen and oxygen atoms in total. The number of benzene rings is 2. The second-order valence-electron chi connectivity index (χ2n) is 6.06. The van der Waals surface area contributed by atoms with Gasteiger partial charge in [-0.25, -0.2) is 13.2 Å². The van der Waals surface area contributed by atoms with Crippen LogP contribution in [0.15, 0.2) is 56.6 Å². The van der Waals surface area contributed by atoms with Crippen molar-refractivity contribution in [1.29, 1.82) is 0 Å². The summed E-state index contributed by atoms with van der Waals surface area (Å²) in [5, 5.41) is 0.829. The third kappa shape index (κ3) is 3.74. The smallest absolute Gasteiger partial charge is 0.336 e. The van der Waals surface area contributed by atoms with Gasteiger partial charge in [0.05, 0.1) is 4.90 Å². The zero-order valence-corrected chi connectivity index (χ0v) is 15.0. The Morgan fingerprint density at radius 3 is 2.28 bits per heavy atom. The number of ether oxygens (including phenoxy) is 1. The monoisotopic (exact) mass is 358 g/mol. The van der Waals surface area contributed by atoms with E-state index < -0.39 is 15.5 Å². The highest BCUT2D eigenvalue weighted by Gasteiger charge is 2.10. The van der Waals surface area contributed by atoms with Crippen LogP contribution >= 0.6 is 0 Å². The molecule has 25 heavy (non-hydrogen) atoms. The van der Waals surface area contributed by atoms with Crippen LogP contribution < -0.4 is 10.4 Å². The standard InChI is InChI=1S/C19H18O5S/c1-12-8-17-14(10-19(20)24-18(17)9-13(12)2)11-23-15-4-6-16(7-5-15)25(3,21)22/h4-10H,11H2,1-3H3. The lowest BCUT2D eigenvalue weighted by Gasteiger charge is -2.10. The summed E-state index contributed by atoms with van der Waals surface area (Å²) >= 11 is 0. The fourth-order valence-electron chi connectivity index (χ4n) is 2.55. The molecule has 2 aromatic carbocycles. The van der Waals surface area contributed by atoms with Gasteiger partial charge in [0.25, 0.3) is 0 Å². The first-order valence-corrected chi connectivity index (χ1v) is 9.60. The first-order chi connectivity index (χ1) is 11.7. The Bertz CT molecular complexity index is 1090. The van der Waals surface area contributed by atoms with Gasteiger partial charge in [-0.05, 0) is 61.4 Å². The van der Waals surface area contributed by atoms with Crippen LogP contribution in [0.3, 0.4) is 0 Å². The summed E-state index contributed by atoms with van der Waals surface area (Å²) < 4.78 is 33.9. The molecule has 0 aliphatic heterocycles. The van der Waals surface area contributed by atoms with Gasteiger partial charge in [-0.3, -0.25) is 0 Å². The quantitative estimate of drug-likeness (QED) is 0.668. The second kappa shape index (κ2) is 6.37. The largest absolute Gasteiger partial charge is 0.489 e. The summed E-state index contributed by atoms with van der Waals surface area (Å²) in [6.45, 7) is 4.14. The summed E-state index contributed by atoms with van der Waals surface area (Å²) in [5.74, 6) is 0.526. The van der Waals surface area contributed by atoms with Crippen LogP contribution in [0.5, 0.6) is 5.75 Å². The summed E-state index contributed by atoms with van der Waals surface area (Å²) in [6.07, 6.45) is 1.16. The molecular formula is C19H18O5S. The molecular weight excluding hydrogens is 340 g/mol. The van der Waals surface area contributed by atoms with E-state index in [1.165, 1.54) is 18.2 Å². The summed E-state index contributed by atoms with van der Waals surface area (Å²) in [7, 11) is -3.24. The highest BCUT2D eigenvalue weighted by Crippen LogP contribution is 2.23. The Labute approximate surface area is 145 Å². The molecule has 1 heterocycles. The molecule has 0 fully saturated rings. The number of fused-ring (bicyclic) bond motifs is 1. The third-order valence-corrected chi connectivity index (χ3v) is 5.22. The minimum absolute atomic E-state index is 0.183. The van der Waals surface area contributed by atoms with Gasteiger partial charge in [-0.2, -0.15) is 0 Å². The van der Waals surface area contributed by atoms with Gasteiger partial charge in [-0.1, -0.05) is 0 Å². The molecule has 6 heteroatoms. The van der Waals surface area contributed by atoms with Gasteiger partial charge in [0, 0.05) is 23.3 Å². The number of sulfone groups is 1. The molecule has 3 aromatic rings. The number of hydrogen-bond acceptors (Lipinski definition) is 5. The van der Waals surface area contributed by atoms with E-state index in [0.717, 1.165) is 28.3 Å². The second-order valence-corrected chi connectivity index (χ2v) is 8.07. The molecule has 0 bridgehead atoms. The zero-order chi connectivity index (χ0) is 18.2. The molecule has 0 amide bonds. The maximum Gasteiger partial charge on any atom is 0.336 e. The van der Waals surface area contributed by atoms with E-state index in [1.54, 1.807) is 12.1 Å². The molecule has 0 radical (unpaired) electrons. The van der Waals surface area contributed by atoms with Crippen molar-refractivity contribution in [1.82, 2.24) is 0 Å². The SMILES string of the molecule is Cc1cc2oc(=O)cc(COc3ccc(S(C)(=O)=O)cc3)c2cc1C. The van der Waals surface area contributed by atoms with Gasteiger partial charge in [-0.15, -0.1) is 0 Å². The van der Waals surface area contributed by atoms with Crippen molar-refractivity contribution in [3.05, 3.63) is 69.6 Å². The van der Waals surface area contributed by atoms with Crippen molar-refractivity contribution < 1.29 is 17.6 Å². The predicted molar refractivity (Wildman–Crippen MR) is 95.8 cm³/mol. The summed E-state index contributed by atoms with van der Waals surface area (Å²) in [5.41, 5.74) is 2.97. The summed E-state index contributed by atoms with van der Waals surface area (Å²) in [4.78, 5) is 12.0. The zero-order valence-electron chi connectivity index (χ0n) is 14.2. The third-order valence-electron chi connectivity index (χ3n) is 4.09. The predicted octanol–water partition coefficient (Wildman–Crippen LogP) is 3.39. The highest BCUT2D eigenvalue weighted by molar-refractivity contribution is 7.90. The van der Waals surface area contributed by atoms with Crippen LogP contribution in [0.25, 0.3) is 11.0 Å². The lowest BCUT2D eigenvalue weighted by molar-refractivity contribution is 0.306. The maximum atomic E-state index is 11.8. The van der Waals surface area contributed by atoms with Crippen LogP contribution in [0.4, 0.5) is 0 Å². The average molecular weight is 358 g/mol. The Morgan fingerprint density at radius 1 is 1.00 bits per heavy atom. The first kappa shape index (κ1) is 17.2. The van der Waals surface area contributed by atoms with E-state index in [9.17, 15) is 13.2 Å². The van der Waals surface area contributed by atoms with Gasteiger partial charge in [0.1, 0.15) is 17.9 Å². The van der Waals surface area contributed by atoms with Crippen LogP contribution in [-0.4, -0.2) is 14.7 Å². The van der Waals surface area contributed by atoms with E-state index in [-0.39, 0.29) is 11.5 Å². The minimum atomic E-state index is -3.24. The Hall–Kier alpha value is -2.60. The van der Waals surface area contributed by atoms with E-state index >= 15 is 0 Å². The molecule has 0 spiro atoms. The molecule has 0 unspecified atom stereocenters. The van der Waals surface area contributed by atoms with E-state index in [1.807, 2.05) is 26.0 Å². The Kier molecular flexibility index (Phi) is 4.39. The molecule has 0 N–H and O–H groups in total. The molecule has 0 saturated heterocycles. The van der Waals surface area contributed by atoms with E-state index in [4.69, 9.17) is 9.15 Å². The molecule has 0 saturated carbocycles. The molecule has 130 valence electrons. The van der Waals surface area contributed by atoms with Gasteiger partial charge in [0.15, 0.2) is 9.84 Å². The first-order valence-electron chi connectivity index (χ1n) is 7.71. The molecule has 1 aromatic heterocycles. The molecule has 0 aliphatic rings. The number of rotatable bonds is 4. The van der Waals surface area contributed by atoms with Crippen LogP contribution in [0.1, 0.15) is 16.7 Å². The fraction of sp³-hybridized carbons (Fsp3) is 0.211. The van der Waals surface area contributed by atoms with Crippen molar-refractivity contribution in [2.75, 3.05) is 6.26 Å². The summed E-state index contributed by atoms with van der Waals surface area (Å²) in [6, 6.07) is 11.4. The van der Waals surface area contributed by atoms with Crippen molar-refractivity contribution in [2.45, 2.75) is 25.3 Å². The fourth-order valence-corrected chi connectivity index (χ4v) is 3.18. The van der Waals surface area contributed by atoms with Crippen molar-refractivity contribution in [2.24, 2.45) is 0 Å². The van der Waals surface area contributed by atoms with E-state index in [0.29, 0.717) is 11.3 Å². The Balaban J connectivity index is 1.91. The average Bonchev–Trinajstić information content (AvgIpc) is 2.54. The molecule has 0 atom stereocenters. The van der Waals surface area contributed by atoms with Crippen molar-refractivity contribution in [3.8, 4) is 5.75 Å². The normalized spacial score (nSPS) is 11.6. The molecule has 0 aliphatic carbocycles. The van der Waals surface area contributed by atoms with E-state index in [2.05, 4.69) is 0 Å². The van der Waals surface area contributed by atoms with Crippen LogP contribution in [0, 0.1) is 13.8 Å². The van der Waals surface area contributed by atoms with Gasteiger partial charge >= 0.3 is 5.63 Å². The van der Waals surface area contributed by atoms with Crippen LogP contribution in [0.2, 0.25) is 0 Å². The topological polar surface area (TPSA) is 73.6 Å². The maximum absolute atomic E-state index is 11.8. The highest BCUT2D eigenvalue weighted by atomic mass is 32.2.